The Morgan fingerprint density at radius 1 is 1.42 bits per heavy atom. The minimum Gasteiger partial charge on any atom is -0.462 e. The Morgan fingerprint density at radius 2 is 2.12 bits per heavy atom. The topological polar surface area (TPSA) is 87.3 Å². The number of non-ortho nitro benzene ring substituents is 1. The molecule has 1 aromatic heterocycles. The summed E-state index contributed by atoms with van der Waals surface area (Å²) in [6.07, 6.45) is 5.13. The van der Waals surface area contributed by atoms with Crippen molar-refractivity contribution in [2.75, 3.05) is 6.61 Å². The molecule has 0 unspecified atom stereocenters. The van der Waals surface area contributed by atoms with Crippen LogP contribution in [-0.4, -0.2) is 27.1 Å². The van der Waals surface area contributed by atoms with Gasteiger partial charge in [0, 0.05) is 12.1 Å². The number of ether oxygens (including phenoxy) is 1. The lowest BCUT2D eigenvalue weighted by molar-refractivity contribution is -0.383. The third-order valence-corrected chi connectivity index (χ3v) is 4.64. The molecule has 3 rings (SSSR count). The van der Waals surface area contributed by atoms with E-state index in [0.29, 0.717) is 11.0 Å². The summed E-state index contributed by atoms with van der Waals surface area (Å²) < 4.78 is 6.69. The zero-order valence-corrected chi connectivity index (χ0v) is 14.1. The molecule has 7 nitrogen and oxygen atoms in total. The molecule has 0 saturated heterocycles. The van der Waals surface area contributed by atoms with Crippen molar-refractivity contribution in [3.8, 4) is 0 Å². The SMILES string of the molecule is CCOC(=O)c1cc([N+](=O)[O-])c2c(c1)nc(Cl)n2C1CCCCC1. The first kappa shape index (κ1) is 16.7. The number of nitro groups is 1. The first-order valence-corrected chi connectivity index (χ1v) is 8.43. The maximum atomic E-state index is 11.9. The molecule has 24 heavy (non-hydrogen) atoms. The molecule has 0 aliphatic heterocycles. The normalized spacial score (nSPS) is 15.6. The number of hydrogen-bond donors (Lipinski definition) is 0. The van der Waals surface area contributed by atoms with E-state index in [4.69, 9.17) is 16.3 Å². The highest BCUT2D eigenvalue weighted by atomic mass is 35.5. The molecule has 0 spiro atoms. The van der Waals surface area contributed by atoms with Crippen LogP contribution >= 0.6 is 11.6 Å². The van der Waals surface area contributed by atoms with Gasteiger partial charge in [-0.05, 0) is 37.4 Å². The molecule has 1 aromatic carbocycles. The van der Waals surface area contributed by atoms with Gasteiger partial charge in [0.2, 0.25) is 5.28 Å². The monoisotopic (exact) mass is 351 g/mol. The van der Waals surface area contributed by atoms with E-state index in [2.05, 4.69) is 4.98 Å². The first-order chi connectivity index (χ1) is 11.5. The Balaban J connectivity index is 2.18. The Morgan fingerprint density at radius 3 is 2.75 bits per heavy atom. The molecule has 0 bridgehead atoms. The highest BCUT2D eigenvalue weighted by Crippen LogP contribution is 2.38. The number of aromatic nitrogens is 2. The summed E-state index contributed by atoms with van der Waals surface area (Å²) in [7, 11) is 0. The van der Waals surface area contributed by atoms with Crippen LogP contribution in [0.25, 0.3) is 11.0 Å². The maximum absolute atomic E-state index is 11.9. The smallest absolute Gasteiger partial charge is 0.338 e. The minimum absolute atomic E-state index is 0.100. The van der Waals surface area contributed by atoms with Crippen molar-refractivity contribution >= 4 is 34.3 Å². The van der Waals surface area contributed by atoms with Crippen LogP contribution < -0.4 is 0 Å². The molecule has 1 heterocycles. The Bertz CT molecular complexity index is 796. The molecule has 0 atom stereocenters. The van der Waals surface area contributed by atoms with Crippen molar-refractivity contribution in [2.24, 2.45) is 0 Å². The lowest BCUT2D eigenvalue weighted by Crippen LogP contribution is -2.13. The molecule has 0 amide bonds. The summed E-state index contributed by atoms with van der Waals surface area (Å²) in [5.41, 5.74) is 0.675. The second kappa shape index (κ2) is 6.76. The molecule has 1 saturated carbocycles. The second-order valence-electron chi connectivity index (χ2n) is 5.88. The van der Waals surface area contributed by atoms with Crippen molar-refractivity contribution < 1.29 is 14.5 Å². The van der Waals surface area contributed by atoms with Crippen LogP contribution in [-0.2, 0) is 4.74 Å². The van der Waals surface area contributed by atoms with Crippen LogP contribution in [0.15, 0.2) is 12.1 Å². The van der Waals surface area contributed by atoms with Crippen LogP contribution in [0.1, 0.15) is 55.4 Å². The van der Waals surface area contributed by atoms with Gasteiger partial charge in [-0.25, -0.2) is 9.78 Å². The summed E-state index contributed by atoms with van der Waals surface area (Å²) in [4.78, 5) is 27.3. The number of esters is 1. The van der Waals surface area contributed by atoms with Crippen molar-refractivity contribution in [2.45, 2.75) is 45.1 Å². The molecule has 8 heteroatoms. The van der Waals surface area contributed by atoms with Crippen LogP contribution in [0.4, 0.5) is 5.69 Å². The third kappa shape index (κ3) is 2.96. The van der Waals surface area contributed by atoms with Gasteiger partial charge in [0.25, 0.3) is 5.69 Å². The van der Waals surface area contributed by atoms with E-state index >= 15 is 0 Å². The number of nitrogens with zero attached hydrogens (tertiary/aromatic N) is 3. The van der Waals surface area contributed by atoms with Gasteiger partial charge in [-0.1, -0.05) is 19.3 Å². The molecule has 2 aromatic rings. The fourth-order valence-corrected chi connectivity index (χ4v) is 3.64. The molecule has 0 radical (unpaired) electrons. The van der Waals surface area contributed by atoms with Crippen LogP contribution in [0, 0.1) is 10.1 Å². The lowest BCUT2D eigenvalue weighted by Gasteiger charge is -2.24. The second-order valence-corrected chi connectivity index (χ2v) is 6.22. The van der Waals surface area contributed by atoms with Gasteiger partial charge in [-0.3, -0.25) is 10.1 Å². The average Bonchev–Trinajstić information content (AvgIpc) is 2.90. The predicted molar refractivity (Wildman–Crippen MR) is 89.5 cm³/mol. The molecule has 0 N–H and O–H groups in total. The molecule has 128 valence electrons. The van der Waals surface area contributed by atoms with E-state index in [9.17, 15) is 14.9 Å². The predicted octanol–water partition coefficient (Wildman–Crippen LogP) is 4.28. The summed E-state index contributed by atoms with van der Waals surface area (Å²) in [5, 5.41) is 11.8. The number of hydrogen-bond acceptors (Lipinski definition) is 5. The first-order valence-electron chi connectivity index (χ1n) is 8.06. The highest BCUT2D eigenvalue weighted by Gasteiger charge is 2.28. The number of carbonyl (C=O) groups is 1. The van der Waals surface area contributed by atoms with Crippen LogP contribution in [0.5, 0.6) is 0 Å². The van der Waals surface area contributed by atoms with E-state index < -0.39 is 10.9 Å². The number of rotatable bonds is 4. The standard InChI is InChI=1S/C16H18ClN3O4/c1-2-24-15(21)10-8-12-14(13(9-10)20(22)23)19(16(17)18-12)11-6-4-3-5-7-11/h8-9,11H,2-7H2,1H3. The largest absolute Gasteiger partial charge is 0.462 e. The number of carbonyl (C=O) groups excluding carboxylic acids is 1. The number of nitro benzene ring substituents is 1. The van der Waals surface area contributed by atoms with Gasteiger partial charge in [-0.15, -0.1) is 0 Å². The van der Waals surface area contributed by atoms with Crippen molar-refractivity contribution in [1.82, 2.24) is 9.55 Å². The molecule has 1 aliphatic carbocycles. The summed E-state index contributed by atoms with van der Waals surface area (Å²) in [6, 6.07) is 2.85. The fraction of sp³-hybridized carbons (Fsp3) is 0.500. The fourth-order valence-electron chi connectivity index (χ4n) is 3.33. The van der Waals surface area contributed by atoms with E-state index in [1.165, 1.54) is 12.1 Å². The Kier molecular flexibility index (Phi) is 4.71. The van der Waals surface area contributed by atoms with Crippen molar-refractivity contribution in [1.29, 1.82) is 0 Å². The number of halogens is 1. The molecule has 1 fully saturated rings. The van der Waals surface area contributed by atoms with E-state index in [1.807, 2.05) is 0 Å². The van der Waals surface area contributed by atoms with Gasteiger partial charge in [0.05, 0.1) is 22.6 Å². The molecule has 1 aliphatic rings. The summed E-state index contributed by atoms with van der Waals surface area (Å²) >= 11 is 6.28. The van der Waals surface area contributed by atoms with E-state index in [-0.39, 0.29) is 29.2 Å². The number of fused-ring (bicyclic) bond motifs is 1. The van der Waals surface area contributed by atoms with E-state index in [1.54, 1.807) is 11.5 Å². The van der Waals surface area contributed by atoms with Crippen molar-refractivity contribution in [3.63, 3.8) is 0 Å². The van der Waals surface area contributed by atoms with Crippen LogP contribution in [0.2, 0.25) is 5.28 Å². The van der Waals surface area contributed by atoms with E-state index in [0.717, 1.165) is 32.1 Å². The zero-order chi connectivity index (χ0) is 17.3. The Labute approximate surface area is 143 Å². The van der Waals surface area contributed by atoms with Gasteiger partial charge in [0.1, 0.15) is 5.52 Å². The van der Waals surface area contributed by atoms with Crippen molar-refractivity contribution in [3.05, 3.63) is 33.1 Å². The van der Waals surface area contributed by atoms with Crippen LogP contribution in [0.3, 0.4) is 0 Å². The third-order valence-electron chi connectivity index (χ3n) is 4.37. The lowest BCUT2D eigenvalue weighted by atomic mass is 9.95. The van der Waals surface area contributed by atoms with Gasteiger partial charge < -0.3 is 9.30 Å². The summed E-state index contributed by atoms with van der Waals surface area (Å²) in [5.74, 6) is -0.606. The van der Waals surface area contributed by atoms with Gasteiger partial charge >= 0.3 is 5.97 Å². The van der Waals surface area contributed by atoms with Gasteiger partial charge in [0.15, 0.2) is 0 Å². The number of imidazole rings is 1. The summed E-state index contributed by atoms with van der Waals surface area (Å²) in [6.45, 7) is 1.88. The molecular weight excluding hydrogens is 334 g/mol. The minimum atomic E-state index is -0.606. The number of benzene rings is 1. The average molecular weight is 352 g/mol. The van der Waals surface area contributed by atoms with Gasteiger partial charge in [-0.2, -0.15) is 0 Å². The quantitative estimate of drug-likeness (QED) is 0.466. The zero-order valence-electron chi connectivity index (χ0n) is 13.3. The maximum Gasteiger partial charge on any atom is 0.338 e. The molecular formula is C16H18ClN3O4. The highest BCUT2D eigenvalue weighted by molar-refractivity contribution is 6.29. The Hall–Kier alpha value is -2.15.